The first-order valence-electron chi connectivity index (χ1n) is 9.17. The Labute approximate surface area is 159 Å². The number of hydrogen-bond acceptors (Lipinski definition) is 4. The first-order valence-corrected chi connectivity index (χ1v) is 9.17. The van der Waals surface area contributed by atoms with Crippen LogP contribution < -0.4 is 5.73 Å². The van der Waals surface area contributed by atoms with E-state index in [0.717, 1.165) is 12.8 Å². The van der Waals surface area contributed by atoms with E-state index >= 15 is 0 Å². The van der Waals surface area contributed by atoms with Gasteiger partial charge in [0.05, 0.1) is 5.92 Å². The van der Waals surface area contributed by atoms with Crippen molar-refractivity contribution in [3.05, 3.63) is 29.8 Å². The maximum atomic E-state index is 12.9. The molecule has 26 heavy (non-hydrogen) atoms. The Hall–Kier alpha value is -1.79. The summed E-state index contributed by atoms with van der Waals surface area (Å²) < 4.78 is 0. The fourth-order valence-corrected chi connectivity index (χ4v) is 4.86. The van der Waals surface area contributed by atoms with Gasteiger partial charge >= 0.3 is 0 Å². The average molecular weight is 380 g/mol. The summed E-state index contributed by atoms with van der Waals surface area (Å²) in [4.78, 5) is 29.1. The fraction of sp³-hybridized carbons (Fsp3) is 0.579. The highest BCUT2D eigenvalue weighted by Gasteiger charge is 2.50. The minimum atomic E-state index is -0.0976. The quantitative estimate of drug-likeness (QED) is 0.814. The Kier molecular flexibility index (Phi) is 5.44. The van der Waals surface area contributed by atoms with Crippen LogP contribution in [0.15, 0.2) is 24.3 Å². The number of carbonyl (C=O) groups excluding carboxylic acids is 2. The Morgan fingerprint density at radius 2 is 1.69 bits per heavy atom. The van der Waals surface area contributed by atoms with Crippen LogP contribution in [0.3, 0.4) is 0 Å². The van der Waals surface area contributed by atoms with Gasteiger partial charge in [0.2, 0.25) is 5.91 Å². The average Bonchev–Trinajstić information content (AvgIpc) is 3.22. The number of amides is 2. The van der Waals surface area contributed by atoms with E-state index < -0.39 is 0 Å². The molecule has 3 aliphatic rings. The van der Waals surface area contributed by atoms with Crippen LogP contribution >= 0.6 is 12.4 Å². The van der Waals surface area contributed by atoms with Gasteiger partial charge in [0.1, 0.15) is 5.75 Å². The summed E-state index contributed by atoms with van der Waals surface area (Å²) in [5.41, 5.74) is 6.78. The van der Waals surface area contributed by atoms with Crippen molar-refractivity contribution < 1.29 is 14.7 Å². The van der Waals surface area contributed by atoms with E-state index in [-0.39, 0.29) is 41.9 Å². The number of nitrogens with two attached hydrogens (primary N) is 1. The Balaban J connectivity index is 0.00000196. The van der Waals surface area contributed by atoms with Crippen molar-refractivity contribution in [2.45, 2.75) is 25.3 Å². The fourth-order valence-electron chi connectivity index (χ4n) is 4.86. The number of piperazine rings is 1. The molecule has 4 rings (SSSR count). The Bertz CT molecular complexity index is 688. The van der Waals surface area contributed by atoms with Gasteiger partial charge in [0.15, 0.2) is 0 Å². The van der Waals surface area contributed by atoms with Gasteiger partial charge in [-0.1, -0.05) is 6.07 Å². The molecule has 6 nitrogen and oxygen atoms in total. The second kappa shape index (κ2) is 7.45. The van der Waals surface area contributed by atoms with Crippen LogP contribution in [-0.2, 0) is 4.79 Å². The van der Waals surface area contributed by atoms with Crippen LogP contribution in [0.5, 0.6) is 5.75 Å². The third-order valence-corrected chi connectivity index (χ3v) is 6.24. The number of halogens is 1. The molecule has 4 unspecified atom stereocenters. The van der Waals surface area contributed by atoms with E-state index in [2.05, 4.69) is 0 Å². The molecule has 3 fully saturated rings. The lowest BCUT2D eigenvalue weighted by Gasteiger charge is -2.38. The van der Waals surface area contributed by atoms with Crippen molar-refractivity contribution >= 4 is 24.2 Å². The molecule has 0 radical (unpaired) electrons. The third kappa shape index (κ3) is 3.28. The number of phenols is 1. The monoisotopic (exact) mass is 379 g/mol. The lowest BCUT2D eigenvalue weighted by molar-refractivity contribution is -0.139. The molecular formula is C19H26ClN3O3. The minimum Gasteiger partial charge on any atom is -0.508 e. The van der Waals surface area contributed by atoms with E-state index in [1.807, 2.05) is 4.90 Å². The molecule has 7 heteroatoms. The van der Waals surface area contributed by atoms with Crippen molar-refractivity contribution in [3.63, 3.8) is 0 Å². The van der Waals surface area contributed by atoms with Crippen LogP contribution in [-0.4, -0.2) is 58.9 Å². The number of rotatable bonds is 2. The van der Waals surface area contributed by atoms with Crippen LogP contribution in [0.4, 0.5) is 0 Å². The number of benzene rings is 1. The van der Waals surface area contributed by atoms with E-state index in [0.29, 0.717) is 43.6 Å². The highest BCUT2D eigenvalue weighted by atomic mass is 35.5. The zero-order valence-corrected chi connectivity index (χ0v) is 15.5. The summed E-state index contributed by atoms with van der Waals surface area (Å²) in [6, 6.07) is 6.41. The van der Waals surface area contributed by atoms with E-state index in [9.17, 15) is 14.7 Å². The molecule has 142 valence electrons. The second-order valence-electron chi connectivity index (χ2n) is 7.60. The second-order valence-corrected chi connectivity index (χ2v) is 7.60. The lowest BCUT2D eigenvalue weighted by Crippen LogP contribution is -2.54. The highest BCUT2D eigenvalue weighted by Crippen LogP contribution is 2.48. The topological polar surface area (TPSA) is 86.9 Å². The lowest BCUT2D eigenvalue weighted by atomic mass is 9.84. The number of hydrogen-bond donors (Lipinski definition) is 2. The maximum absolute atomic E-state index is 12.9. The van der Waals surface area contributed by atoms with Gasteiger partial charge in [-0.05, 0) is 49.3 Å². The van der Waals surface area contributed by atoms with Gasteiger partial charge in [0, 0.05) is 37.8 Å². The van der Waals surface area contributed by atoms with Crippen molar-refractivity contribution in [1.82, 2.24) is 9.80 Å². The SMILES string of the molecule is Cl.NC1C2CCC(C2)C1C(=O)N1CCN(C(=O)c2cccc(O)c2)CC1. The molecular weight excluding hydrogens is 354 g/mol. The number of nitrogens with zero attached hydrogens (tertiary/aromatic N) is 2. The van der Waals surface area contributed by atoms with Gasteiger partial charge in [-0.15, -0.1) is 12.4 Å². The smallest absolute Gasteiger partial charge is 0.254 e. The van der Waals surface area contributed by atoms with E-state index in [1.54, 1.807) is 23.1 Å². The van der Waals surface area contributed by atoms with Crippen molar-refractivity contribution in [1.29, 1.82) is 0 Å². The normalized spacial score (nSPS) is 30.2. The molecule has 2 bridgehead atoms. The number of phenolic OH excluding ortho intramolecular Hbond substituents is 1. The molecule has 0 spiro atoms. The zero-order valence-electron chi connectivity index (χ0n) is 14.7. The summed E-state index contributed by atoms with van der Waals surface area (Å²) in [5, 5.41) is 9.54. The van der Waals surface area contributed by atoms with Crippen LogP contribution in [0, 0.1) is 17.8 Å². The molecule has 0 aromatic heterocycles. The third-order valence-electron chi connectivity index (χ3n) is 6.24. The van der Waals surface area contributed by atoms with Gasteiger partial charge < -0.3 is 20.6 Å². The van der Waals surface area contributed by atoms with Gasteiger partial charge in [0.25, 0.3) is 5.91 Å². The number of fused-ring (bicyclic) bond motifs is 2. The van der Waals surface area contributed by atoms with Crippen LogP contribution in [0.2, 0.25) is 0 Å². The minimum absolute atomic E-state index is 0. The predicted octanol–water partition coefficient (Wildman–Crippen LogP) is 1.47. The van der Waals surface area contributed by atoms with Crippen LogP contribution in [0.25, 0.3) is 0 Å². The van der Waals surface area contributed by atoms with Gasteiger partial charge in [-0.2, -0.15) is 0 Å². The van der Waals surface area contributed by atoms with E-state index in [1.165, 1.54) is 12.5 Å². The molecule has 4 atom stereocenters. The highest BCUT2D eigenvalue weighted by molar-refractivity contribution is 5.94. The summed E-state index contributed by atoms with van der Waals surface area (Å²) in [5.74, 6) is 1.13. The number of aromatic hydroxyl groups is 1. The standard InChI is InChI=1S/C19H25N3O3.ClH/c20-17-13-5-4-12(10-13)16(17)19(25)22-8-6-21(7-9-22)18(24)14-2-1-3-15(23)11-14;/h1-3,11-13,16-17,23H,4-10,20H2;1H. The van der Waals surface area contributed by atoms with Crippen LogP contribution in [0.1, 0.15) is 29.6 Å². The first kappa shape index (κ1) is 19.0. The number of carbonyl (C=O) groups is 2. The summed E-state index contributed by atoms with van der Waals surface area (Å²) >= 11 is 0. The largest absolute Gasteiger partial charge is 0.508 e. The molecule has 1 aromatic rings. The molecule has 2 saturated carbocycles. The van der Waals surface area contributed by atoms with Gasteiger partial charge in [-0.3, -0.25) is 9.59 Å². The molecule has 2 aliphatic carbocycles. The summed E-state index contributed by atoms with van der Waals surface area (Å²) in [6.45, 7) is 2.17. The molecule has 3 N–H and O–H groups in total. The van der Waals surface area contributed by atoms with Crippen molar-refractivity contribution in [3.8, 4) is 5.75 Å². The maximum Gasteiger partial charge on any atom is 0.254 e. The Morgan fingerprint density at radius 3 is 2.31 bits per heavy atom. The molecule has 1 heterocycles. The van der Waals surface area contributed by atoms with Crippen molar-refractivity contribution in [2.75, 3.05) is 26.2 Å². The Morgan fingerprint density at radius 1 is 1.04 bits per heavy atom. The molecule has 2 amide bonds. The van der Waals surface area contributed by atoms with Crippen molar-refractivity contribution in [2.24, 2.45) is 23.5 Å². The predicted molar refractivity (Wildman–Crippen MR) is 100 cm³/mol. The zero-order chi connectivity index (χ0) is 17.6. The van der Waals surface area contributed by atoms with E-state index in [4.69, 9.17) is 5.73 Å². The molecule has 1 aliphatic heterocycles. The summed E-state index contributed by atoms with van der Waals surface area (Å²) in [6.07, 6.45) is 3.40. The molecule has 1 saturated heterocycles. The summed E-state index contributed by atoms with van der Waals surface area (Å²) in [7, 11) is 0. The first-order chi connectivity index (χ1) is 12.0. The van der Waals surface area contributed by atoms with Gasteiger partial charge in [-0.25, -0.2) is 0 Å². The molecule has 1 aromatic carbocycles.